The molecule has 2 heterocycles. The fourth-order valence-corrected chi connectivity index (χ4v) is 2.61. The van der Waals surface area contributed by atoms with E-state index < -0.39 is 6.10 Å². The summed E-state index contributed by atoms with van der Waals surface area (Å²) in [6.07, 6.45) is 5.48. The number of carbonyl (C=O) groups excluding carboxylic acids is 1. The molecule has 114 valence electrons. The molecule has 0 bridgehead atoms. The summed E-state index contributed by atoms with van der Waals surface area (Å²) in [7, 11) is 1.83. The van der Waals surface area contributed by atoms with Crippen LogP contribution in [-0.4, -0.2) is 38.4 Å². The molecule has 2 aromatic heterocycles. The second kappa shape index (κ2) is 6.82. The van der Waals surface area contributed by atoms with Gasteiger partial charge in [0.15, 0.2) is 0 Å². The fourth-order valence-electron chi connectivity index (χ4n) is 1.80. The zero-order valence-corrected chi connectivity index (χ0v) is 13.2. The monoisotopic (exact) mass is 308 g/mol. The van der Waals surface area contributed by atoms with Crippen LogP contribution in [0.4, 0.5) is 0 Å². The number of nitrogens with zero attached hydrogens (tertiary/aromatic N) is 3. The molecule has 2 atom stereocenters. The highest BCUT2D eigenvalue weighted by Crippen LogP contribution is 2.24. The van der Waals surface area contributed by atoms with E-state index in [1.807, 2.05) is 27.1 Å². The molecular formula is C14H20N4O2S. The molecule has 0 aliphatic rings. The molecule has 0 fully saturated rings. The second-order valence-corrected chi connectivity index (χ2v) is 6.13. The van der Waals surface area contributed by atoms with Crippen molar-refractivity contribution in [1.29, 1.82) is 0 Å². The highest BCUT2D eigenvalue weighted by Gasteiger charge is 2.16. The molecule has 0 aromatic carbocycles. The molecule has 2 unspecified atom stereocenters. The standard InChI is InChI=1S/C14H20N4O2S/c1-4-9(2)11(19)6-15-13(20)12-7-16-14(21-12)10-5-17-18(3)8-10/h5,7-9,11,19H,4,6H2,1-3H3,(H,15,20). The van der Waals surface area contributed by atoms with Crippen LogP contribution in [0.25, 0.3) is 10.6 Å². The first-order valence-corrected chi connectivity index (χ1v) is 7.74. The van der Waals surface area contributed by atoms with Crippen molar-refractivity contribution in [2.75, 3.05) is 6.54 Å². The third-order valence-electron chi connectivity index (χ3n) is 3.45. The predicted octanol–water partition coefficient (Wildman–Crippen LogP) is 1.68. The highest BCUT2D eigenvalue weighted by atomic mass is 32.1. The van der Waals surface area contributed by atoms with Gasteiger partial charge in [-0.05, 0) is 5.92 Å². The fraction of sp³-hybridized carbons (Fsp3) is 0.500. The van der Waals surface area contributed by atoms with Gasteiger partial charge in [-0.25, -0.2) is 4.98 Å². The first-order chi connectivity index (χ1) is 10.0. The lowest BCUT2D eigenvalue weighted by atomic mass is 10.0. The Kier molecular flexibility index (Phi) is 5.08. The molecule has 0 aliphatic heterocycles. The van der Waals surface area contributed by atoms with Gasteiger partial charge in [-0.3, -0.25) is 9.48 Å². The minimum absolute atomic E-state index is 0.165. The number of hydrogen-bond acceptors (Lipinski definition) is 5. The normalized spacial score (nSPS) is 13.9. The Hall–Kier alpha value is -1.73. The number of aryl methyl sites for hydroxylation is 1. The summed E-state index contributed by atoms with van der Waals surface area (Å²) in [4.78, 5) is 16.8. The Balaban J connectivity index is 1.96. The van der Waals surface area contributed by atoms with Crippen LogP contribution in [0.15, 0.2) is 18.6 Å². The molecule has 0 radical (unpaired) electrons. The molecule has 1 amide bonds. The molecule has 0 saturated carbocycles. The van der Waals surface area contributed by atoms with E-state index in [2.05, 4.69) is 15.4 Å². The van der Waals surface area contributed by atoms with Crippen LogP contribution < -0.4 is 5.32 Å². The van der Waals surface area contributed by atoms with Crippen LogP contribution in [0.5, 0.6) is 0 Å². The van der Waals surface area contributed by atoms with Gasteiger partial charge in [0.05, 0.1) is 18.5 Å². The molecular weight excluding hydrogens is 288 g/mol. The molecule has 7 heteroatoms. The van der Waals surface area contributed by atoms with Gasteiger partial charge in [0.25, 0.3) is 5.91 Å². The summed E-state index contributed by atoms with van der Waals surface area (Å²) in [5.41, 5.74) is 0.890. The Morgan fingerprint density at radius 1 is 1.52 bits per heavy atom. The number of rotatable bonds is 6. The summed E-state index contributed by atoms with van der Waals surface area (Å²) in [5.74, 6) is -0.0392. The number of amides is 1. The van der Waals surface area contributed by atoms with Crippen molar-refractivity contribution >= 4 is 17.2 Å². The van der Waals surface area contributed by atoms with E-state index in [1.165, 1.54) is 11.3 Å². The van der Waals surface area contributed by atoms with Crippen LogP contribution in [0.2, 0.25) is 0 Å². The maximum Gasteiger partial charge on any atom is 0.263 e. The van der Waals surface area contributed by atoms with Crippen molar-refractivity contribution in [2.45, 2.75) is 26.4 Å². The topological polar surface area (TPSA) is 80.0 Å². The Morgan fingerprint density at radius 3 is 2.90 bits per heavy atom. The third kappa shape index (κ3) is 3.89. The maximum absolute atomic E-state index is 12.0. The van der Waals surface area contributed by atoms with Crippen LogP contribution >= 0.6 is 11.3 Å². The van der Waals surface area contributed by atoms with E-state index in [-0.39, 0.29) is 18.4 Å². The van der Waals surface area contributed by atoms with Gasteiger partial charge in [-0.1, -0.05) is 20.3 Å². The van der Waals surface area contributed by atoms with E-state index in [1.54, 1.807) is 17.1 Å². The van der Waals surface area contributed by atoms with E-state index in [4.69, 9.17) is 0 Å². The molecule has 0 saturated heterocycles. The molecule has 2 rings (SSSR count). The lowest BCUT2D eigenvalue weighted by Crippen LogP contribution is -2.35. The lowest BCUT2D eigenvalue weighted by molar-refractivity contribution is 0.0853. The van der Waals surface area contributed by atoms with Gasteiger partial charge in [-0.2, -0.15) is 5.10 Å². The average molecular weight is 308 g/mol. The van der Waals surface area contributed by atoms with Crippen molar-refractivity contribution in [3.63, 3.8) is 0 Å². The summed E-state index contributed by atoms with van der Waals surface area (Å²) in [5, 5.41) is 17.5. The Labute approximate surface area is 127 Å². The molecule has 2 aromatic rings. The molecule has 6 nitrogen and oxygen atoms in total. The van der Waals surface area contributed by atoms with E-state index in [9.17, 15) is 9.90 Å². The maximum atomic E-state index is 12.0. The van der Waals surface area contributed by atoms with Crippen molar-refractivity contribution in [2.24, 2.45) is 13.0 Å². The number of carbonyl (C=O) groups is 1. The minimum atomic E-state index is -0.523. The zero-order valence-electron chi connectivity index (χ0n) is 12.4. The number of aliphatic hydroxyl groups excluding tert-OH is 1. The molecule has 0 spiro atoms. The van der Waals surface area contributed by atoms with Crippen molar-refractivity contribution in [3.8, 4) is 10.6 Å². The first-order valence-electron chi connectivity index (χ1n) is 6.92. The predicted molar refractivity (Wildman–Crippen MR) is 82.1 cm³/mol. The van der Waals surface area contributed by atoms with Gasteiger partial charge in [-0.15, -0.1) is 11.3 Å². The van der Waals surface area contributed by atoms with Crippen molar-refractivity contribution < 1.29 is 9.90 Å². The third-order valence-corrected chi connectivity index (χ3v) is 4.50. The number of aromatic nitrogens is 3. The smallest absolute Gasteiger partial charge is 0.263 e. The van der Waals surface area contributed by atoms with Gasteiger partial charge in [0.1, 0.15) is 9.88 Å². The number of aliphatic hydroxyl groups is 1. The molecule has 0 aliphatic carbocycles. The van der Waals surface area contributed by atoms with Crippen LogP contribution in [0, 0.1) is 5.92 Å². The SMILES string of the molecule is CCC(C)C(O)CNC(=O)c1cnc(-c2cnn(C)c2)s1. The van der Waals surface area contributed by atoms with Crippen LogP contribution in [-0.2, 0) is 7.05 Å². The Bertz CT molecular complexity index is 608. The van der Waals surface area contributed by atoms with Gasteiger partial charge in [0.2, 0.25) is 0 Å². The van der Waals surface area contributed by atoms with E-state index in [0.29, 0.717) is 4.88 Å². The average Bonchev–Trinajstić information content (AvgIpc) is 3.11. The van der Waals surface area contributed by atoms with Crippen molar-refractivity contribution in [1.82, 2.24) is 20.1 Å². The highest BCUT2D eigenvalue weighted by molar-refractivity contribution is 7.16. The van der Waals surface area contributed by atoms with Gasteiger partial charge in [0, 0.05) is 25.4 Å². The summed E-state index contributed by atoms with van der Waals surface area (Å²) in [6.45, 7) is 4.23. The largest absolute Gasteiger partial charge is 0.391 e. The Morgan fingerprint density at radius 2 is 2.29 bits per heavy atom. The molecule has 2 N–H and O–H groups in total. The van der Waals surface area contributed by atoms with Gasteiger partial charge < -0.3 is 10.4 Å². The van der Waals surface area contributed by atoms with E-state index >= 15 is 0 Å². The number of thiazole rings is 1. The molecule has 21 heavy (non-hydrogen) atoms. The minimum Gasteiger partial charge on any atom is -0.391 e. The van der Waals surface area contributed by atoms with Gasteiger partial charge >= 0.3 is 0 Å². The van der Waals surface area contributed by atoms with Crippen LogP contribution in [0.1, 0.15) is 29.9 Å². The summed E-state index contributed by atoms with van der Waals surface area (Å²) < 4.78 is 1.69. The quantitative estimate of drug-likeness (QED) is 0.851. The van der Waals surface area contributed by atoms with Crippen molar-refractivity contribution in [3.05, 3.63) is 23.5 Å². The first kappa shape index (κ1) is 15.7. The zero-order chi connectivity index (χ0) is 15.4. The number of nitrogens with one attached hydrogen (secondary N) is 1. The summed E-state index contributed by atoms with van der Waals surface area (Å²) in [6, 6.07) is 0. The second-order valence-electron chi connectivity index (χ2n) is 5.10. The number of hydrogen-bond donors (Lipinski definition) is 2. The van der Waals surface area contributed by atoms with Crippen LogP contribution in [0.3, 0.4) is 0 Å². The van der Waals surface area contributed by atoms with E-state index in [0.717, 1.165) is 17.0 Å². The summed E-state index contributed by atoms with van der Waals surface area (Å²) >= 11 is 1.32. The lowest BCUT2D eigenvalue weighted by Gasteiger charge is -2.17.